The zero-order valence-corrected chi connectivity index (χ0v) is 25.2. The Bertz CT molecular complexity index is 939. The van der Waals surface area contributed by atoms with Crippen LogP contribution in [-0.2, 0) is 47.5 Å². The van der Waals surface area contributed by atoms with Gasteiger partial charge >= 0.3 is 11.9 Å². The fraction of sp³-hybridized carbons (Fsp3) is 0.667. The van der Waals surface area contributed by atoms with E-state index in [4.69, 9.17) is 43.0 Å². The van der Waals surface area contributed by atoms with Crippen molar-refractivity contribution in [2.45, 2.75) is 25.7 Å². The average molecular weight is 628 g/mol. The van der Waals surface area contributed by atoms with Crippen molar-refractivity contribution < 1.29 is 62.2 Å². The number of fused-ring (bicyclic) bond motifs is 1. The summed E-state index contributed by atoms with van der Waals surface area (Å²) in [6.45, 7) is 5.86. The molecule has 0 radical (unpaired) electrons. The number of carboxylic acids is 1. The van der Waals surface area contributed by atoms with Crippen LogP contribution in [0.2, 0.25) is 0 Å². The summed E-state index contributed by atoms with van der Waals surface area (Å²) >= 11 is 0. The highest BCUT2D eigenvalue weighted by Crippen LogP contribution is 2.21. The van der Waals surface area contributed by atoms with Gasteiger partial charge in [-0.3, -0.25) is 24.1 Å². The molecule has 14 nitrogen and oxygen atoms in total. The van der Waals surface area contributed by atoms with E-state index < -0.39 is 5.97 Å². The summed E-state index contributed by atoms with van der Waals surface area (Å²) in [6.07, 6.45) is 1.21. The first-order valence-electron chi connectivity index (χ1n) is 14.9. The van der Waals surface area contributed by atoms with Crippen LogP contribution >= 0.6 is 0 Å². The van der Waals surface area contributed by atoms with Crippen LogP contribution in [0.4, 0.5) is 0 Å². The van der Waals surface area contributed by atoms with Crippen molar-refractivity contribution in [2.24, 2.45) is 0 Å². The van der Waals surface area contributed by atoms with E-state index in [-0.39, 0.29) is 57.0 Å². The highest BCUT2D eigenvalue weighted by atomic mass is 16.6. The number of carboxylic acid groups (broad SMARTS) is 1. The number of nitrogens with zero attached hydrogens (tertiary/aromatic N) is 1. The van der Waals surface area contributed by atoms with Crippen molar-refractivity contribution in [3.63, 3.8) is 0 Å². The van der Waals surface area contributed by atoms with Crippen LogP contribution in [0.5, 0.6) is 0 Å². The molecule has 1 aliphatic rings. The van der Waals surface area contributed by atoms with Crippen molar-refractivity contribution >= 4 is 23.8 Å². The fourth-order valence-electron chi connectivity index (χ4n) is 3.85. The highest BCUT2D eigenvalue weighted by Gasteiger charge is 2.34. The van der Waals surface area contributed by atoms with Crippen LogP contribution in [0.25, 0.3) is 0 Å². The molecule has 1 heterocycles. The number of ether oxygens (including phenoxy) is 8. The fourth-order valence-corrected chi connectivity index (χ4v) is 3.85. The predicted molar refractivity (Wildman–Crippen MR) is 155 cm³/mol. The molecule has 14 heteroatoms. The number of hydrogen-bond donors (Lipinski definition) is 1. The Hall–Kier alpha value is -2.98. The molecule has 1 aromatic rings. The second kappa shape index (κ2) is 24.4. The second-order valence-electron chi connectivity index (χ2n) is 9.42. The van der Waals surface area contributed by atoms with Crippen molar-refractivity contribution in [2.75, 3.05) is 106 Å². The number of amides is 2. The SMILES string of the molecule is O=C(O)CCCCC(=O)OCCOCCOCCOCCOCCOCCOCCOCCN1C(=O)c2ccccc2C1=O. The lowest BCUT2D eigenvalue weighted by atomic mass is 10.1. The number of imide groups is 1. The Morgan fingerprint density at radius 2 is 0.909 bits per heavy atom. The van der Waals surface area contributed by atoms with Gasteiger partial charge in [0.25, 0.3) is 11.8 Å². The molecule has 0 saturated heterocycles. The highest BCUT2D eigenvalue weighted by molar-refractivity contribution is 6.21. The van der Waals surface area contributed by atoms with Gasteiger partial charge in [0.2, 0.25) is 0 Å². The maximum atomic E-state index is 12.3. The number of benzene rings is 1. The lowest BCUT2D eigenvalue weighted by Gasteiger charge is -2.13. The van der Waals surface area contributed by atoms with Gasteiger partial charge < -0.3 is 43.0 Å². The maximum Gasteiger partial charge on any atom is 0.305 e. The van der Waals surface area contributed by atoms with E-state index in [0.717, 1.165) is 0 Å². The number of unbranched alkanes of at least 4 members (excludes halogenated alkanes) is 1. The summed E-state index contributed by atoms with van der Waals surface area (Å²) in [7, 11) is 0. The largest absolute Gasteiger partial charge is 0.481 e. The number of hydrogen-bond acceptors (Lipinski definition) is 12. The van der Waals surface area contributed by atoms with Crippen LogP contribution in [0.15, 0.2) is 24.3 Å². The van der Waals surface area contributed by atoms with Gasteiger partial charge in [-0.15, -0.1) is 0 Å². The molecule has 0 spiro atoms. The molecule has 0 bridgehead atoms. The van der Waals surface area contributed by atoms with E-state index in [1.807, 2.05) is 0 Å². The van der Waals surface area contributed by atoms with Crippen LogP contribution in [0.1, 0.15) is 46.4 Å². The molecule has 2 rings (SSSR count). The number of aliphatic carboxylic acids is 1. The molecule has 0 aromatic heterocycles. The van der Waals surface area contributed by atoms with Gasteiger partial charge in [-0.25, -0.2) is 0 Å². The minimum absolute atomic E-state index is 0.0541. The predicted octanol–water partition coefficient (Wildman–Crippen LogP) is 1.59. The first-order chi connectivity index (χ1) is 21.5. The van der Waals surface area contributed by atoms with Gasteiger partial charge in [-0.1, -0.05) is 12.1 Å². The quantitative estimate of drug-likeness (QED) is 0.0774. The van der Waals surface area contributed by atoms with Crippen molar-refractivity contribution in [1.29, 1.82) is 0 Å². The van der Waals surface area contributed by atoms with E-state index in [9.17, 15) is 19.2 Å². The summed E-state index contributed by atoms with van der Waals surface area (Å²) in [5.74, 6) is -1.80. The number of rotatable bonds is 29. The molecule has 1 aliphatic heterocycles. The molecule has 0 atom stereocenters. The Morgan fingerprint density at radius 3 is 1.32 bits per heavy atom. The topological polar surface area (TPSA) is 166 Å². The van der Waals surface area contributed by atoms with Crippen molar-refractivity contribution in [3.8, 4) is 0 Å². The summed E-state index contributed by atoms with van der Waals surface area (Å²) in [5, 5.41) is 8.54. The lowest BCUT2D eigenvalue weighted by Crippen LogP contribution is -2.33. The van der Waals surface area contributed by atoms with Gasteiger partial charge in [0.05, 0.1) is 110 Å². The summed E-state index contributed by atoms with van der Waals surface area (Å²) < 4.78 is 42.9. The summed E-state index contributed by atoms with van der Waals surface area (Å²) in [4.78, 5) is 47.6. The number of carbonyl (C=O) groups excluding carboxylic acids is 3. The first-order valence-corrected chi connectivity index (χ1v) is 14.9. The normalized spacial score (nSPS) is 12.6. The molecule has 248 valence electrons. The number of esters is 1. The molecule has 44 heavy (non-hydrogen) atoms. The third-order valence-corrected chi connectivity index (χ3v) is 6.08. The molecule has 1 N–H and O–H groups in total. The monoisotopic (exact) mass is 627 g/mol. The van der Waals surface area contributed by atoms with Crippen molar-refractivity contribution in [1.82, 2.24) is 4.90 Å². The Kier molecular flexibility index (Phi) is 20.6. The van der Waals surface area contributed by atoms with Gasteiger partial charge in [0.1, 0.15) is 6.61 Å². The van der Waals surface area contributed by atoms with E-state index >= 15 is 0 Å². The van der Waals surface area contributed by atoms with E-state index in [2.05, 4.69) is 0 Å². The number of carbonyl (C=O) groups is 4. The first kappa shape index (κ1) is 37.2. The summed E-state index contributed by atoms with van der Waals surface area (Å²) in [5.41, 5.74) is 0.866. The van der Waals surface area contributed by atoms with E-state index in [0.29, 0.717) is 103 Å². The zero-order valence-electron chi connectivity index (χ0n) is 25.2. The van der Waals surface area contributed by atoms with E-state index in [1.54, 1.807) is 24.3 Å². The molecule has 0 aliphatic carbocycles. The molecule has 0 unspecified atom stereocenters. The third-order valence-electron chi connectivity index (χ3n) is 6.08. The smallest absolute Gasteiger partial charge is 0.305 e. The Balaban J connectivity index is 1.22. The minimum atomic E-state index is -0.869. The molecular formula is C30H45NO13. The Labute approximate surface area is 257 Å². The van der Waals surface area contributed by atoms with Crippen LogP contribution in [0.3, 0.4) is 0 Å². The van der Waals surface area contributed by atoms with Crippen molar-refractivity contribution in [3.05, 3.63) is 35.4 Å². The standard InChI is InChI=1S/C30H45NO13/c32-27(33)7-3-4-8-28(34)44-24-23-43-22-21-42-20-19-41-18-17-40-16-15-39-14-13-38-12-11-37-10-9-31-29(35)25-5-1-2-6-26(25)30(31)36/h1-2,5-6H,3-4,7-24H2,(H,32,33). The lowest BCUT2D eigenvalue weighted by molar-refractivity contribution is -0.146. The van der Waals surface area contributed by atoms with Gasteiger partial charge in [0, 0.05) is 12.8 Å². The summed E-state index contributed by atoms with van der Waals surface area (Å²) in [6, 6.07) is 6.78. The zero-order chi connectivity index (χ0) is 31.7. The maximum absolute atomic E-state index is 12.3. The molecular weight excluding hydrogens is 582 g/mol. The van der Waals surface area contributed by atoms with Gasteiger partial charge in [0.15, 0.2) is 0 Å². The van der Waals surface area contributed by atoms with Gasteiger partial charge in [-0.05, 0) is 25.0 Å². The van der Waals surface area contributed by atoms with Gasteiger partial charge in [-0.2, -0.15) is 0 Å². The van der Waals surface area contributed by atoms with Crippen LogP contribution in [0, 0.1) is 0 Å². The molecule has 0 fully saturated rings. The molecule has 1 aromatic carbocycles. The molecule has 0 saturated carbocycles. The van der Waals surface area contributed by atoms with Crippen LogP contribution in [-0.4, -0.2) is 139 Å². The second-order valence-corrected chi connectivity index (χ2v) is 9.42. The third kappa shape index (κ3) is 16.8. The van der Waals surface area contributed by atoms with E-state index in [1.165, 1.54) is 4.90 Å². The average Bonchev–Trinajstić information content (AvgIpc) is 3.26. The minimum Gasteiger partial charge on any atom is -0.481 e. The molecule has 2 amide bonds. The Morgan fingerprint density at radius 1 is 0.545 bits per heavy atom. The van der Waals surface area contributed by atoms with Crippen LogP contribution < -0.4 is 0 Å².